The van der Waals surface area contributed by atoms with E-state index in [0.29, 0.717) is 5.02 Å². The van der Waals surface area contributed by atoms with Crippen LogP contribution in [0.5, 0.6) is 0 Å². The van der Waals surface area contributed by atoms with Crippen LogP contribution in [0.25, 0.3) is 0 Å². The summed E-state index contributed by atoms with van der Waals surface area (Å²) in [7, 11) is 0. The molecule has 1 heterocycles. The Morgan fingerprint density at radius 3 is 2.59 bits per heavy atom. The average molecular weight is 252 g/mol. The van der Waals surface area contributed by atoms with E-state index in [1.54, 1.807) is 13.0 Å². The number of anilines is 1. The summed E-state index contributed by atoms with van der Waals surface area (Å²) in [6.07, 6.45) is 2.39. The molecule has 0 bridgehead atoms. The minimum atomic E-state index is 0.0844. The van der Waals surface area contributed by atoms with Crippen molar-refractivity contribution in [2.45, 2.75) is 26.7 Å². The zero-order chi connectivity index (χ0) is 12.4. The van der Waals surface area contributed by atoms with Gasteiger partial charge in [0.2, 0.25) is 0 Å². The second-order valence-electron chi connectivity index (χ2n) is 4.89. The Labute approximate surface area is 108 Å². The minimum absolute atomic E-state index is 0.0844. The lowest BCUT2D eigenvalue weighted by molar-refractivity contribution is 0.101. The van der Waals surface area contributed by atoms with Gasteiger partial charge in [-0.2, -0.15) is 0 Å². The first kappa shape index (κ1) is 12.4. The summed E-state index contributed by atoms with van der Waals surface area (Å²) in [4.78, 5) is 13.9. The molecule has 17 heavy (non-hydrogen) atoms. The van der Waals surface area contributed by atoms with E-state index in [-0.39, 0.29) is 5.78 Å². The third-order valence-corrected chi connectivity index (χ3v) is 3.70. The monoisotopic (exact) mass is 251 g/mol. The summed E-state index contributed by atoms with van der Waals surface area (Å²) in [5.74, 6) is 0.875. The van der Waals surface area contributed by atoms with Gasteiger partial charge in [0.05, 0.1) is 0 Å². The fourth-order valence-corrected chi connectivity index (χ4v) is 2.49. The molecule has 1 aromatic carbocycles. The van der Waals surface area contributed by atoms with Crippen LogP contribution in [0.2, 0.25) is 5.02 Å². The van der Waals surface area contributed by atoms with Gasteiger partial charge in [0, 0.05) is 29.4 Å². The number of carbonyl (C=O) groups excluding carboxylic acids is 1. The van der Waals surface area contributed by atoms with E-state index in [1.165, 1.54) is 12.8 Å². The maximum absolute atomic E-state index is 11.6. The Morgan fingerprint density at radius 1 is 1.35 bits per heavy atom. The van der Waals surface area contributed by atoms with Crippen molar-refractivity contribution in [2.75, 3.05) is 18.0 Å². The van der Waals surface area contributed by atoms with E-state index >= 15 is 0 Å². The zero-order valence-corrected chi connectivity index (χ0v) is 11.1. The molecule has 92 valence electrons. The molecule has 3 heteroatoms. The van der Waals surface area contributed by atoms with E-state index in [0.717, 1.165) is 30.3 Å². The molecule has 1 aliphatic rings. The molecule has 0 amide bonds. The Morgan fingerprint density at radius 2 is 2.00 bits per heavy atom. The summed E-state index contributed by atoms with van der Waals surface area (Å²) < 4.78 is 0. The second kappa shape index (κ2) is 5.09. The summed E-state index contributed by atoms with van der Waals surface area (Å²) in [5, 5.41) is 0.629. The first-order chi connectivity index (χ1) is 8.08. The Bertz CT molecular complexity index is 422. The third-order valence-electron chi connectivity index (χ3n) is 3.46. The lowest BCUT2D eigenvalue weighted by atomic mass is 9.97. The van der Waals surface area contributed by atoms with Crippen molar-refractivity contribution < 1.29 is 4.79 Å². The van der Waals surface area contributed by atoms with E-state index in [9.17, 15) is 4.79 Å². The fraction of sp³-hybridized carbons (Fsp3) is 0.500. The average Bonchev–Trinajstić information content (AvgIpc) is 2.30. The number of halogens is 1. The number of ketones is 1. The molecule has 0 aromatic heterocycles. The molecule has 0 spiro atoms. The van der Waals surface area contributed by atoms with Crippen molar-refractivity contribution in [3.63, 3.8) is 0 Å². The lowest BCUT2D eigenvalue weighted by Gasteiger charge is -2.33. The predicted octanol–water partition coefficient (Wildman–Crippen LogP) is 3.78. The van der Waals surface area contributed by atoms with E-state index in [4.69, 9.17) is 11.6 Å². The van der Waals surface area contributed by atoms with Crippen LogP contribution in [0.4, 0.5) is 5.69 Å². The van der Waals surface area contributed by atoms with Gasteiger partial charge in [0.15, 0.2) is 5.78 Å². The van der Waals surface area contributed by atoms with Crippen LogP contribution in [0.3, 0.4) is 0 Å². The van der Waals surface area contributed by atoms with Gasteiger partial charge in [-0.05, 0) is 43.9 Å². The topological polar surface area (TPSA) is 20.3 Å². The van der Waals surface area contributed by atoms with Crippen molar-refractivity contribution in [3.05, 3.63) is 28.8 Å². The number of rotatable bonds is 2. The molecule has 0 aliphatic carbocycles. The molecule has 1 fully saturated rings. The number of Topliss-reactive ketones (excluding diaryl/α,β-unsaturated/α-hetero) is 1. The molecular weight excluding hydrogens is 234 g/mol. The summed E-state index contributed by atoms with van der Waals surface area (Å²) in [5.41, 5.74) is 1.78. The number of benzene rings is 1. The molecule has 2 rings (SSSR count). The van der Waals surface area contributed by atoms with Gasteiger partial charge in [-0.25, -0.2) is 0 Å². The maximum Gasteiger partial charge on any atom is 0.161 e. The highest BCUT2D eigenvalue weighted by atomic mass is 35.5. The number of hydrogen-bond acceptors (Lipinski definition) is 2. The van der Waals surface area contributed by atoms with Crippen molar-refractivity contribution in [1.29, 1.82) is 0 Å². The van der Waals surface area contributed by atoms with Gasteiger partial charge in [0.1, 0.15) is 0 Å². The number of nitrogens with zero attached hydrogens (tertiary/aromatic N) is 1. The molecule has 1 aliphatic heterocycles. The van der Waals surface area contributed by atoms with Crippen LogP contribution < -0.4 is 4.90 Å². The Balaban J connectivity index is 2.28. The number of carbonyl (C=O) groups is 1. The smallest absolute Gasteiger partial charge is 0.161 e. The lowest BCUT2D eigenvalue weighted by Crippen LogP contribution is -2.33. The Kier molecular flexibility index (Phi) is 3.72. The largest absolute Gasteiger partial charge is 0.371 e. The highest BCUT2D eigenvalue weighted by molar-refractivity contribution is 6.31. The highest BCUT2D eigenvalue weighted by Gasteiger charge is 2.19. The highest BCUT2D eigenvalue weighted by Crippen LogP contribution is 2.28. The molecule has 1 aromatic rings. The van der Waals surface area contributed by atoms with Crippen LogP contribution >= 0.6 is 11.6 Å². The van der Waals surface area contributed by atoms with Crippen LogP contribution in [0, 0.1) is 5.92 Å². The van der Waals surface area contributed by atoms with Crippen molar-refractivity contribution in [1.82, 2.24) is 0 Å². The summed E-state index contributed by atoms with van der Waals surface area (Å²) in [6.45, 7) is 5.94. The number of hydrogen-bond donors (Lipinski definition) is 0. The van der Waals surface area contributed by atoms with Gasteiger partial charge in [0.25, 0.3) is 0 Å². The molecule has 0 atom stereocenters. The zero-order valence-electron chi connectivity index (χ0n) is 10.4. The fourth-order valence-electron chi connectivity index (χ4n) is 2.32. The molecule has 0 N–H and O–H groups in total. The normalized spacial score (nSPS) is 17.2. The summed E-state index contributed by atoms with van der Waals surface area (Å²) >= 11 is 5.95. The van der Waals surface area contributed by atoms with Gasteiger partial charge in [-0.15, -0.1) is 0 Å². The van der Waals surface area contributed by atoms with Crippen molar-refractivity contribution in [2.24, 2.45) is 5.92 Å². The van der Waals surface area contributed by atoms with Gasteiger partial charge >= 0.3 is 0 Å². The van der Waals surface area contributed by atoms with Crippen LogP contribution in [-0.2, 0) is 0 Å². The molecule has 2 nitrogen and oxygen atoms in total. The van der Waals surface area contributed by atoms with Crippen LogP contribution in [0.1, 0.15) is 37.0 Å². The number of piperidine rings is 1. The van der Waals surface area contributed by atoms with Crippen LogP contribution in [0.15, 0.2) is 18.2 Å². The van der Waals surface area contributed by atoms with Crippen molar-refractivity contribution >= 4 is 23.1 Å². The van der Waals surface area contributed by atoms with E-state index in [1.807, 2.05) is 12.1 Å². The third kappa shape index (κ3) is 2.81. The molecule has 0 unspecified atom stereocenters. The SMILES string of the molecule is CC(=O)c1cc(Cl)ccc1N1CCC(C)CC1. The first-order valence-corrected chi connectivity index (χ1v) is 6.51. The molecule has 0 radical (unpaired) electrons. The standard InChI is InChI=1S/C14H18ClNO/c1-10-5-7-16(8-6-10)14-4-3-12(15)9-13(14)11(2)17/h3-4,9-10H,5-8H2,1-2H3. The Hall–Kier alpha value is -1.02. The first-order valence-electron chi connectivity index (χ1n) is 6.13. The second-order valence-corrected chi connectivity index (χ2v) is 5.32. The predicted molar refractivity (Wildman–Crippen MR) is 72.1 cm³/mol. The minimum Gasteiger partial charge on any atom is -0.371 e. The van der Waals surface area contributed by atoms with E-state index < -0.39 is 0 Å². The van der Waals surface area contributed by atoms with Gasteiger partial charge in [-0.3, -0.25) is 4.79 Å². The molecular formula is C14H18ClNO. The van der Waals surface area contributed by atoms with Gasteiger partial charge < -0.3 is 4.90 Å². The van der Waals surface area contributed by atoms with E-state index in [2.05, 4.69) is 11.8 Å². The quantitative estimate of drug-likeness (QED) is 0.746. The van der Waals surface area contributed by atoms with Gasteiger partial charge in [-0.1, -0.05) is 18.5 Å². The maximum atomic E-state index is 11.6. The van der Waals surface area contributed by atoms with Crippen LogP contribution in [-0.4, -0.2) is 18.9 Å². The molecule has 1 saturated heterocycles. The van der Waals surface area contributed by atoms with Crippen molar-refractivity contribution in [3.8, 4) is 0 Å². The molecule has 0 saturated carbocycles. The summed E-state index contributed by atoms with van der Waals surface area (Å²) in [6, 6.07) is 5.60.